The molecule has 2 rings (SSSR count). The van der Waals surface area contributed by atoms with E-state index in [2.05, 4.69) is 0 Å². The van der Waals surface area contributed by atoms with Gasteiger partial charge >= 0.3 is 0 Å². The lowest BCUT2D eigenvalue weighted by atomic mass is 10.2. The Bertz CT molecular complexity index is 299. The molecule has 0 bridgehead atoms. The Morgan fingerprint density at radius 2 is 2.00 bits per heavy atom. The summed E-state index contributed by atoms with van der Waals surface area (Å²) in [5.74, 6) is 1.22. The molecule has 0 aliphatic carbocycles. The maximum Gasteiger partial charge on any atom is 0.231 e. The molecular weight excluding hydrogens is 144 g/mol. The van der Waals surface area contributed by atoms with Crippen LogP contribution in [0.4, 0.5) is 11.4 Å². The van der Waals surface area contributed by atoms with Crippen LogP contribution in [-0.2, 0) is 0 Å². The fraction of sp³-hybridized carbons (Fsp3) is 0.143. The molecule has 4 nitrogen and oxygen atoms in total. The van der Waals surface area contributed by atoms with Crippen molar-refractivity contribution in [1.29, 1.82) is 0 Å². The Hall–Kier alpha value is -1.58. The topological polar surface area (TPSA) is 70.5 Å². The molecule has 1 aromatic rings. The molecule has 4 heteroatoms. The van der Waals surface area contributed by atoms with Crippen LogP contribution >= 0.6 is 0 Å². The van der Waals surface area contributed by atoms with Crippen molar-refractivity contribution < 1.29 is 9.47 Å². The molecule has 0 amide bonds. The number of hydrogen-bond donors (Lipinski definition) is 2. The highest BCUT2D eigenvalue weighted by atomic mass is 16.7. The van der Waals surface area contributed by atoms with Crippen LogP contribution in [0.5, 0.6) is 11.5 Å². The van der Waals surface area contributed by atoms with Gasteiger partial charge in [-0.3, -0.25) is 0 Å². The molecule has 1 aliphatic heterocycles. The highest BCUT2D eigenvalue weighted by Gasteiger charge is 2.17. The Morgan fingerprint density at radius 1 is 1.18 bits per heavy atom. The Labute approximate surface area is 63.7 Å². The Balaban J connectivity index is 2.62. The molecule has 11 heavy (non-hydrogen) atoms. The van der Waals surface area contributed by atoms with Crippen molar-refractivity contribution in [1.82, 2.24) is 0 Å². The molecule has 58 valence electrons. The predicted octanol–water partition coefficient (Wildman–Crippen LogP) is 0.580. The second-order valence-corrected chi connectivity index (χ2v) is 2.30. The van der Waals surface area contributed by atoms with Crippen molar-refractivity contribution in [3.8, 4) is 11.5 Å². The van der Waals surface area contributed by atoms with E-state index in [0.717, 1.165) is 0 Å². The highest BCUT2D eigenvalue weighted by Crippen LogP contribution is 2.40. The number of benzene rings is 1. The van der Waals surface area contributed by atoms with Gasteiger partial charge in [-0.1, -0.05) is 0 Å². The van der Waals surface area contributed by atoms with E-state index in [1.807, 2.05) is 0 Å². The molecular formula is C7H8N2O2. The van der Waals surface area contributed by atoms with Crippen molar-refractivity contribution in [3.63, 3.8) is 0 Å². The normalized spacial score (nSPS) is 13.5. The second-order valence-electron chi connectivity index (χ2n) is 2.30. The molecule has 0 fully saturated rings. The first-order chi connectivity index (χ1) is 5.29. The zero-order valence-corrected chi connectivity index (χ0v) is 5.83. The number of rotatable bonds is 0. The third-order valence-electron chi connectivity index (χ3n) is 1.61. The zero-order chi connectivity index (χ0) is 7.84. The average Bonchev–Trinajstić information content (AvgIpc) is 2.45. The molecule has 1 aromatic carbocycles. The first-order valence-corrected chi connectivity index (χ1v) is 3.22. The summed E-state index contributed by atoms with van der Waals surface area (Å²) in [4.78, 5) is 0. The summed E-state index contributed by atoms with van der Waals surface area (Å²) in [6.07, 6.45) is 0. The van der Waals surface area contributed by atoms with Gasteiger partial charge in [-0.25, -0.2) is 0 Å². The fourth-order valence-electron chi connectivity index (χ4n) is 1.01. The molecule has 0 spiro atoms. The quantitative estimate of drug-likeness (QED) is 0.533. The summed E-state index contributed by atoms with van der Waals surface area (Å²) < 4.78 is 10.2. The molecule has 1 heterocycles. The number of anilines is 2. The third-order valence-corrected chi connectivity index (χ3v) is 1.61. The summed E-state index contributed by atoms with van der Waals surface area (Å²) in [7, 11) is 0. The minimum Gasteiger partial charge on any atom is -0.454 e. The lowest BCUT2D eigenvalue weighted by Crippen LogP contribution is -1.96. The molecule has 0 atom stereocenters. The molecule has 0 unspecified atom stereocenters. The number of hydrogen-bond acceptors (Lipinski definition) is 4. The SMILES string of the molecule is Nc1ccc2c(c1N)OCO2. The van der Waals surface area contributed by atoms with Crippen molar-refractivity contribution in [2.45, 2.75) is 0 Å². The predicted molar refractivity (Wildman–Crippen MR) is 41.4 cm³/mol. The fourth-order valence-corrected chi connectivity index (χ4v) is 1.01. The maximum absolute atomic E-state index is 5.60. The van der Waals surface area contributed by atoms with Gasteiger partial charge < -0.3 is 20.9 Å². The number of fused-ring (bicyclic) bond motifs is 1. The largest absolute Gasteiger partial charge is 0.454 e. The van der Waals surface area contributed by atoms with Crippen LogP contribution in [0.1, 0.15) is 0 Å². The molecule has 0 saturated heterocycles. The summed E-state index contributed by atoms with van der Waals surface area (Å²) >= 11 is 0. The molecule has 0 aromatic heterocycles. The number of ether oxygens (including phenoxy) is 2. The van der Waals surface area contributed by atoms with E-state index in [4.69, 9.17) is 20.9 Å². The van der Waals surface area contributed by atoms with Gasteiger partial charge in [0, 0.05) is 0 Å². The van der Waals surface area contributed by atoms with Crippen LogP contribution in [0.25, 0.3) is 0 Å². The van der Waals surface area contributed by atoms with Crippen molar-refractivity contribution in [3.05, 3.63) is 12.1 Å². The van der Waals surface area contributed by atoms with Gasteiger partial charge in [0.05, 0.1) is 5.69 Å². The summed E-state index contributed by atoms with van der Waals surface area (Å²) in [5.41, 5.74) is 12.1. The maximum atomic E-state index is 5.60. The molecule has 1 aliphatic rings. The van der Waals surface area contributed by atoms with Gasteiger partial charge in [-0.15, -0.1) is 0 Å². The van der Waals surface area contributed by atoms with Crippen LogP contribution in [0.15, 0.2) is 12.1 Å². The number of nitrogens with two attached hydrogens (primary N) is 2. The van der Waals surface area contributed by atoms with Gasteiger partial charge in [0.2, 0.25) is 6.79 Å². The Morgan fingerprint density at radius 3 is 2.82 bits per heavy atom. The number of nitrogen functional groups attached to an aromatic ring is 2. The first-order valence-electron chi connectivity index (χ1n) is 3.22. The highest BCUT2D eigenvalue weighted by molar-refractivity contribution is 5.75. The summed E-state index contributed by atoms with van der Waals surface area (Å²) in [6, 6.07) is 3.44. The third kappa shape index (κ3) is 0.756. The minimum atomic E-state index is 0.225. The van der Waals surface area contributed by atoms with Gasteiger partial charge in [-0.05, 0) is 12.1 Å². The van der Waals surface area contributed by atoms with Crippen LogP contribution in [0.2, 0.25) is 0 Å². The second kappa shape index (κ2) is 1.95. The van der Waals surface area contributed by atoms with Gasteiger partial charge in [-0.2, -0.15) is 0 Å². The van der Waals surface area contributed by atoms with Gasteiger partial charge in [0.25, 0.3) is 0 Å². The molecule has 0 saturated carbocycles. The smallest absolute Gasteiger partial charge is 0.231 e. The van der Waals surface area contributed by atoms with Crippen LogP contribution in [0.3, 0.4) is 0 Å². The van der Waals surface area contributed by atoms with E-state index in [-0.39, 0.29) is 6.79 Å². The van der Waals surface area contributed by atoms with Gasteiger partial charge in [0.1, 0.15) is 5.69 Å². The van der Waals surface area contributed by atoms with Crippen molar-refractivity contribution in [2.75, 3.05) is 18.3 Å². The van der Waals surface area contributed by atoms with E-state index >= 15 is 0 Å². The van der Waals surface area contributed by atoms with Crippen molar-refractivity contribution in [2.24, 2.45) is 0 Å². The Kier molecular flexibility index (Phi) is 1.09. The lowest BCUT2D eigenvalue weighted by molar-refractivity contribution is 0.174. The van der Waals surface area contributed by atoms with E-state index in [1.165, 1.54) is 0 Å². The van der Waals surface area contributed by atoms with E-state index in [9.17, 15) is 0 Å². The summed E-state index contributed by atoms with van der Waals surface area (Å²) in [6.45, 7) is 0.225. The minimum absolute atomic E-state index is 0.225. The van der Waals surface area contributed by atoms with E-state index in [1.54, 1.807) is 12.1 Å². The van der Waals surface area contributed by atoms with Crippen molar-refractivity contribution >= 4 is 11.4 Å². The van der Waals surface area contributed by atoms with Crippen LogP contribution in [0, 0.1) is 0 Å². The zero-order valence-electron chi connectivity index (χ0n) is 5.83. The monoisotopic (exact) mass is 152 g/mol. The average molecular weight is 152 g/mol. The van der Waals surface area contributed by atoms with Gasteiger partial charge in [0.15, 0.2) is 11.5 Å². The first kappa shape index (κ1) is 6.15. The molecule has 0 radical (unpaired) electrons. The molecule has 4 N–H and O–H groups in total. The van der Waals surface area contributed by atoms with Crippen LogP contribution in [-0.4, -0.2) is 6.79 Å². The summed E-state index contributed by atoms with van der Waals surface area (Å²) in [5, 5.41) is 0. The van der Waals surface area contributed by atoms with E-state index in [0.29, 0.717) is 22.9 Å². The van der Waals surface area contributed by atoms with E-state index < -0.39 is 0 Å². The standard InChI is InChI=1S/C7H8N2O2/c8-4-1-2-5-7(6(4)9)11-3-10-5/h1-2H,3,8-9H2. The lowest BCUT2D eigenvalue weighted by Gasteiger charge is -2.02. The van der Waals surface area contributed by atoms with Crippen LogP contribution < -0.4 is 20.9 Å².